The number of nitrogens with one attached hydrogen (secondary N) is 2. The molecule has 27 heavy (non-hydrogen) atoms. The first kappa shape index (κ1) is 20.8. The number of guanidine groups is 1. The van der Waals surface area contributed by atoms with Crippen LogP contribution < -0.4 is 10.6 Å². The Morgan fingerprint density at radius 1 is 1.19 bits per heavy atom. The van der Waals surface area contributed by atoms with Gasteiger partial charge in [-0.2, -0.15) is 0 Å². The molecule has 0 bridgehead atoms. The normalized spacial score (nSPS) is 11.0. The maximum Gasteiger partial charge on any atom is 0.191 e. The summed E-state index contributed by atoms with van der Waals surface area (Å²) in [7, 11) is 1.71. The van der Waals surface area contributed by atoms with Gasteiger partial charge in [0.2, 0.25) is 0 Å². The summed E-state index contributed by atoms with van der Waals surface area (Å²) < 4.78 is 15.9. The quantitative estimate of drug-likeness (QED) is 0.324. The summed E-state index contributed by atoms with van der Waals surface area (Å²) in [6.45, 7) is 1.19. The molecule has 2 heterocycles. The van der Waals surface area contributed by atoms with Gasteiger partial charge >= 0.3 is 0 Å². The van der Waals surface area contributed by atoms with E-state index in [1.165, 1.54) is 6.07 Å². The molecule has 142 valence electrons. The molecule has 0 radical (unpaired) electrons. The van der Waals surface area contributed by atoms with Crippen molar-refractivity contribution in [3.63, 3.8) is 0 Å². The molecule has 2 N–H and O–H groups in total. The molecule has 1 aromatic carbocycles. The van der Waals surface area contributed by atoms with E-state index in [9.17, 15) is 4.39 Å². The zero-order chi connectivity index (χ0) is 18.2. The van der Waals surface area contributed by atoms with Crippen LogP contribution in [0, 0.1) is 5.82 Å². The van der Waals surface area contributed by atoms with Crippen LogP contribution in [0.25, 0.3) is 5.69 Å². The summed E-state index contributed by atoms with van der Waals surface area (Å²) in [5.41, 5.74) is 2.33. The highest BCUT2D eigenvalue weighted by Crippen LogP contribution is 2.14. The molecule has 3 rings (SSSR count). The van der Waals surface area contributed by atoms with E-state index in [0.717, 1.165) is 17.7 Å². The van der Waals surface area contributed by atoms with Crippen LogP contribution in [-0.4, -0.2) is 34.1 Å². The van der Waals surface area contributed by atoms with Gasteiger partial charge in [0.1, 0.15) is 5.82 Å². The molecule has 0 amide bonds. The fourth-order valence-corrected chi connectivity index (χ4v) is 2.53. The van der Waals surface area contributed by atoms with Gasteiger partial charge < -0.3 is 15.2 Å². The van der Waals surface area contributed by atoms with E-state index in [-0.39, 0.29) is 29.8 Å². The highest BCUT2D eigenvalue weighted by molar-refractivity contribution is 14.0. The first-order chi connectivity index (χ1) is 12.8. The Morgan fingerprint density at radius 3 is 2.74 bits per heavy atom. The number of hydrogen-bond acceptors (Lipinski definition) is 3. The average molecular weight is 480 g/mol. The van der Waals surface area contributed by atoms with E-state index in [4.69, 9.17) is 0 Å². The Kier molecular flexibility index (Phi) is 8.18. The number of imidazole rings is 1. The van der Waals surface area contributed by atoms with Crippen molar-refractivity contribution in [3.8, 4) is 5.69 Å². The van der Waals surface area contributed by atoms with Crippen molar-refractivity contribution in [2.24, 2.45) is 4.99 Å². The Hall–Kier alpha value is -2.49. The summed E-state index contributed by atoms with van der Waals surface area (Å²) in [6, 6.07) is 11.0. The van der Waals surface area contributed by atoms with E-state index in [2.05, 4.69) is 25.6 Å². The minimum Gasteiger partial charge on any atom is -0.356 e. The highest BCUT2D eigenvalue weighted by atomic mass is 127. The summed E-state index contributed by atoms with van der Waals surface area (Å²) in [4.78, 5) is 12.4. The van der Waals surface area contributed by atoms with Gasteiger partial charge in [-0.3, -0.25) is 9.98 Å². The van der Waals surface area contributed by atoms with Gasteiger partial charge in [-0.15, -0.1) is 24.0 Å². The van der Waals surface area contributed by atoms with Crippen LogP contribution >= 0.6 is 24.0 Å². The molecular formula is C19H22FIN6. The Bertz CT molecular complexity index is 852. The topological polar surface area (TPSA) is 67.1 Å². The van der Waals surface area contributed by atoms with Gasteiger partial charge in [0.05, 0.1) is 12.0 Å². The molecule has 8 heteroatoms. The Labute approximate surface area is 175 Å². The molecule has 0 fully saturated rings. The number of rotatable bonds is 6. The zero-order valence-electron chi connectivity index (χ0n) is 15.0. The molecule has 2 aromatic heterocycles. The van der Waals surface area contributed by atoms with Crippen LogP contribution in [0.15, 0.2) is 66.3 Å². The van der Waals surface area contributed by atoms with Crippen molar-refractivity contribution in [2.75, 3.05) is 13.6 Å². The predicted octanol–water partition coefficient (Wildman–Crippen LogP) is 2.93. The molecule has 3 aromatic rings. The van der Waals surface area contributed by atoms with Crippen LogP contribution in [0.5, 0.6) is 0 Å². The van der Waals surface area contributed by atoms with Gasteiger partial charge in [-0.1, -0.05) is 12.1 Å². The largest absolute Gasteiger partial charge is 0.356 e. The third kappa shape index (κ3) is 6.02. The first-order valence-corrected chi connectivity index (χ1v) is 8.37. The third-order valence-electron chi connectivity index (χ3n) is 3.88. The third-order valence-corrected chi connectivity index (χ3v) is 3.88. The maximum atomic E-state index is 14.3. The molecular weight excluding hydrogens is 458 g/mol. The minimum absolute atomic E-state index is 0. The van der Waals surface area contributed by atoms with E-state index in [0.29, 0.717) is 24.7 Å². The zero-order valence-corrected chi connectivity index (χ0v) is 17.3. The van der Waals surface area contributed by atoms with Crippen LogP contribution in [0.2, 0.25) is 0 Å². The average Bonchev–Trinajstić information content (AvgIpc) is 3.20. The number of nitrogens with zero attached hydrogens (tertiary/aromatic N) is 4. The summed E-state index contributed by atoms with van der Waals surface area (Å²) in [5, 5.41) is 6.42. The number of aromatic nitrogens is 3. The number of pyridine rings is 1. The fraction of sp³-hybridized carbons (Fsp3) is 0.211. The maximum absolute atomic E-state index is 14.3. The Balaban J connectivity index is 0.00000261. The summed E-state index contributed by atoms with van der Waals surface area (Å²) >= 11 is 0. The lowest BCUT2D eigenvalue weighted by Gasteiger charge is -2.12. The first-order valence-electron chi connectivity index (χ1n) is 8.37. The molecule has 0 aliphatic carbocycles. The van der Waals surface area contributed by atoms with Crippen molar-refractivity contribution in [2.45, 2.75) is 13.0 Å². The lowest BCUT2D eigenvalue weighted by molar-refractivity contribution is 0.615. The van der Waals surface area contributed by atoms with Crippen molar-refractivity contribution in [1.82, 2.24) is 25.2 Å². The predicted molar refractivity (Wildman–Crippen MR) is 115 cm³/mol. The van der Waals surface area contributed by atoms with Gasteiger partial charge in [-0.25, -0.2) is 9.37 Å². The second-order valence-corrected chi connectivity index (χ2v) is 5.68. The van der Waals surface area contributed by atoms with Crippen molar-refractivity contribution < 1.29 is 4.39 Å². The van der Waals surface area contributed by atoms with Crippen LogP contribution in [0.1, 0.15) is 11.3 Å². The fourth-order valence-electron chi connectivity index (χ4n) is 2.53. The molecule has 0 unspecified atom stereocenters. The second kappa shape index (κ2) is 10.6. The molecule has 6 nitrogen and oxygen atoms in total. The van der Waals surface area contributed by atoms with E-state index < -0.39 is 0 Å². The molecule has 0 atom stereocenters. The number of benzene rings is 1. The van der Waals surface area contributed by atoms with Crippen LogP contribution in [0.4, 0.5) is 4.39 Å². The number of halogens is 2. The lowest BCUT2D eigenvalue weighted by atomic mass is 10.2. The van der Waals surface area contributed by atoms with E-state index in [1.54, 1.807) is 42.6 Å². The molecule has 0 saturated heterocycles. The minimum atomic E-state index is -0.291. The summed E-state index contributed by atoms with van der Waals surface area (Å²) in [5.74, 6) is 0.375. The van der Waals surface area contributed by atoms with Gasteiger partial charge in [0, 0.05) is 50.8 Å². The van der Waals surface area contributed by atoms with Gasteiger partial charge in [0.15, 0.2) is 5.96 Å². The molecule has 0 saturated carbocycles. The number of aliphatic imine (C=N–C) groups is 1. The monoisotopic (exact) mass is 480 g/mol. The van der Waals surface area contributed by atoms with Gasteiger partial charge in [0.25, 0.3) is 0 Å². The molecule has 0 spiro atoms. The van der Waals surface area contributed by atoms with E-state index in [1.807, 2.05) is 24.3 Å². The highest BCUT2D eigenvalue weighted by Gasteiger charge is 2.06. The van der Waals surface area contributed by atoms with Gasteiger partial charge in [-0.05, 0) is 29.8 Å². The Morgan fingerprint density at radius 2 is 2.07 bits per heavy atom. The molecule has 0 aliphatic rings. The standard InChI is InChI=1S/C19H21FN6.HI/c1-21-19(24-9-7-16-4-2-3-8-23-16)25-13-15-5-6-18(17(20)12-15)26-11-10-22-14-26;/h2-6,8,10-12,14H,7,9,13H2,1H3,(H2,21,24,25);1H. The van der Waals surface area contributed by atoms with Crippen LogP contribution in [0.3, 0.4) is 0 Å². The smallest absolute Gasteiger partial charge is 0.191 e. The lowest BCUT2D eigenvalue weighted by Crippen LogP contribution is -2.37. The van der Waals surface area contributed by atoms with E-state index >= 15 is 0 Å². The molecule has 0 aliphatic heterocycles. The van der Waals surface area contributed by atoms with Crippen molar-refractivity contribution in [1.29, 1.82) is 0 Å². The van der Waals surface area contributed by atoms with Crippen molar-refractivity contribution in [3.05, 3.63) is 78.4 Å². The van der Waals surface area contributed by atoms with Crippen LogP contribution in [-0.2, 0) is 13.0 Å². The number of hydrogen-bond donors (Lipinski definition) is 2. The summed E-state index contributed by atoms with van der Waals surface area (Å²) in [6.07, 6.45) is 7.49. The SMILES string of the molecule is CN=C(NCCc1ccccn1)NCc1ccc(-n2ccnc2)c(F)c1.I. The second-order valence-electron chi connectivity index (χ2n) is 5.68. The van der Waals surface area contributed by atoms with Crippen molar-refractivity contribution >= 4 is 29.9 Å².